The zero-order valence-corrected chi connectivity index (χ0v) is 31.9. The first-order valence-corrected chi connectivity index (χ1v) is 18.8. The molecule has 4 atom stereocenters. The molecule has 2 aromatic heterocycles. The highest BCUT2D eigenvalue weighted by molar-refractivity contribution is 7.12. The highest BCUT2D eigenvalue weighted by Crippen LogP contribution is 2.37. The molecule has 0 saturated heterocycles. The van der Waals surface area contributed by atoms with Gasteiger partial charge in [-0.3, -0.25) is 9.80 Å². The third kappa shape index (κ3) is 9.00. The summed E-state index contributed by atoms with van der Waals surface area (Å²) in [5.41, 5.74) is 0. The number of benzene rings is 4. The first-order chi connectivity index (χ1) is 25.0. The summed E-state index contributed by atoms with van der Waals surface area (Å²) in [6.45, 7) is 4.09. The quantitative estimate of drug-likeness (QED) is 0.0623. The highest BCUT2D eigenvalue weighted by Gasteiger charge is 2.33. The number of hydrogen-bond donors (Lipinski definition) is 0. The van der Waals surface area contributed by atoms with E-state index in [-0.39, 0.29) is 12.8 Å². The molecule has 10 heteroatoms. The van der Waals surface area contributed by atoms with Gasteiger partial charge in [0, 0.05) is 43.1 Å². The molecule has 270 valence electrons. The molecule has 2 heterocycles. The monoisotopic (exact) mass is 736 g/mol. The summed E-state index contributed by atoms with van der Waals surface area (Å²) >= 11 is 3.25. The van der Waals surface area contributed by atoms with Crippen LogP contribution in [-0.4, -0.2) is 62.4 Å². The van der Waals surface area contributed by atoms with Crippen molar-refractivity contribution in [2.45, 2.75) is 51.4 Å². The Morgan fingerprint density at radius 2 is 0.923 bits per heavy atom. The summed E-state index contributed by atoms with van der Waals surface area (Å²) in [7, 11) is 7.22. The second-order valence-corrected chi connectivity index (χ2v) is 15.8. The number of carbonyl (C=O) groups is 2. The molecule has 0 saturated carbocycles. The minimum atomic E-state index is -1.07. The summed E-state index contributed by atoms with van der Waals surface area (Å²) < 4.78 is 25.1. The van der Waals surface area contributed by atoms with Gasteiger partial charge in [-0.25, -0.2) is 9.59 Å². The van der Waals surface area contributed by atoms with E-state index in [0.717, 1.165) is 52.6 Å². The van der Waals surface area contributed by atoms with E-state index >= 15 is 0 Å². The molecular formula is C42H44N2O6S2. The smallest absolute Gasteiger partial charge is 0.419 e. The fraction of sp³-hybridized carbons (Fsp3) is 0.286. The molecule has 4 aromatic carbocycles. The molecule has 52 heavy (non-hydrogen) atoms. The predicted molar refractivity (Wildman–Crippen MR) is 209 cm³/mol. The second-order valence-electron chi connectivity index (χ2n) is 13.2. The van der Waals surface area contributed by atoms with Gasteiger partial charge in [0.15, 0.2) is 12.5 Å². The Kier molecular flexibility index (Phi) is 11.9. The van der Waals surface area contributed by atoms with E-state index in [4.69, 9.17) is 18.9 Å². The van der Waals surface area contributed by atoms with Crippen LogP contribution in [0.4, 0.5) is 0 Å². The maximum atomic E-state index is 13.5. The van der Waals surface area contributed by atoms with Gasteiger partial charge in [0.2, 0.25) is 0 Å². The molecule has 0 aliphatic rings. The topological polar surface area (TPSA) is 77.5 Å². The molecule has 0 N–H and O–H groups in total. The van der Waals surface area contributed by atoms with E-state index in [9.17, 15) is 9.59 Å². The number of rotatable bonds is 14. The number of carbonyl (C=O) groups excluding carboxylic acids is 2. The maximum absolute atomic E-state index is 13.5. The van der Waals surface area contributed by atoms with E-state index in [2.05, 4.69) is 0 Å². The van der Waals surface area contributed by atoms with Gasteiger partial charge in [0.05, 0.1) is 0 Å². The maximum Gasteiger partial charge on any atom is 0.419 e. The summed E-state index contributed by atoms with van der Waals surface area (Å²) in [5, 5.41) is 4.10. The average Bonchev–Trinajstić information content (AvgIpc) is 3.78. The molecule has 6 aromatic rings. The van der Waals surface area contributed by atoms with Crippen LogP contribution in [0, 0.1) is 13.8 Å². The lowest BCUT2D eigenvalue weighted by molar-refractivity contribution is -0.185. The summed E-state index contributed by atoms with van der Waals surface area (Å²) in [6, 6.07) is 36.2. The van der Waals surface area contributed by atoms with Crippen LogP contribution in [0.2, 0.25) is 0 Å². The SMILES string of the molecule is Cc1ccc(C(CC(OC(=O)C(=O)OC(CC(Oc2cccc3ccccc23)c2ccc(C)s2)N(C)C)N(C)C)Oc2cccc3ccccc23)s1. The molecule has 4 unspecified atom stereocenters. The lowest BCUT2D eigenvalue weighted by atomic mass is 10.1. The zero-order valence-electron chi connectivity index (χ0n) is 30.3. The summed E-state index contributed by atoms with van der Waals surface area (Å²) in [4.78, 5) is 34.7. The van der Waals surface area contributed by atoms with Crippen molar-refractivity contribution in [3.05, 3.63) is 129 Å². The van der Waals surface area contributed by atoms with Gasteiger partial charge in [0.1, 0.15) is 23.7 Å². The fourth-order valence-electron chi connectivity index (χ4n) is 6.04. The van der Waals surface area contributed by atoms with Crippen LogP contribution < -0.4 is 9.47 Å². The Morgan fingerprint density at radius 1 is 0.538 bits per heavy atom. The first kappa shape index (κ1) is 37.0. The summed E-state index contributed by atoms with van der Waals surface area (Å²) in [5.74, 6) is -0.689. The lowest BCUT2D eigenvalue weighted by Gasteiger charge is -2.30. The van der Waals surface area contributed by atoms with Gasteiger partial charge in [-0.1, -0.05) is 72.8 Å². The van der Waals surface area contributed by atoms with Crippen LogP contribution in [0.3, 0.4) is 0 Å². The Labute approximate surface area is 313 Å². The van der Waals surface area contributed by atoms with Crippen LogP contribution in [-0.2, 0) is 19.1 Å². The molecule has 0 bridgehead atoms. The van der Waals surface area contributed by atoms with Gasteiger partial charge >= 0.3 is 11.9 Å². The Bertz CT molecular complexity index is 1980. The van der Waals surface area contributed by atoms with E-state index in [1.165, 1.54) is 0 Å². The minimum Gasteiger partial charge on any atom is -0.484 e. The zero-order chi connectivity index (χ0) is 36.8. The standard InChI is InChI=1S/C42H44N2O6S2/c1-27-21-23-37(51-27)35(47-33-19-11-15-29-13-7-9-17-31(29)33)25-39(43(3)4)49-41(45)42(46)50-40(44(5)6)26-36(38-24-22-28(2)52-38)48-34-20-12-16-30-14-8-10-18-32(30)34/h7-24,35-36,39-40H,25-26H2,1-6H3. The van der Waals surface area contributed by atoms with Crippen LogP contribution in [0.1, 0.15) is 44.6 Å². The number of aryl methyl sites for hydroxylation is 2. The van der Waals surface area contributed by atoms with Crippen molar-refractivity contribution < 1.29 is 28.5 Å². The molecule has 0 aliphatic heterocycles. The highest BCUT2D eigenvalue weighted by atomic mass is 32.1. The van der Waals surface area contributed by atoms with Crippen molar-refractivity contribution in [3.8, 4) is 11.5 Å². The van der Waals surface area contributed by atoms with Crippen LogP contribution in [0.5, 0.6) is 11.5 Å². The number of nitrogens with zero attached hydrogens (tertiary/aromatic N) is 2. The second kappa shape index (κ2) is 16.7. The largest absolute Gasteiger partial charge is 0.484 e. The number of hydrogen-bond acceptors (Lipinski definition) is 10. The number of ether oxygens (including phenoxy) is 4. The Morgan fingerprint density at radius 3 is 1.29 bits per heavy atom. The molecule has 8 nitrogen and oxygen atoms in total. The van der Waals surface area contributed by atoms with Gasteiger partial charge in [-0.05, 0) is 89.2 Å². The van der Waals surface area contributed by atoms with Gasteiger partial charge in [-0.2, -0.15) is 0 Å². The molecule has 6 rings (SSSR count). The van der Waals surface area contributed by atoms with E-state index in [0.29, 0.717) is 0 Å². The van der Waals surface area contributed by atoms with Crippen molar-refractivity contribution in [1.29, 1.82) is 0 Å². The van der Waals surface area contributed by atoms with E-state index in [1.54, 1.807) is 60.7 Å². The third-order valence-corrected chi connectivity index (χ3v) is 11.0. The van der Waals surface area contributed by atoms with Crippen molar-refractivity contribution in [1.82, 2.24) is 9.80 Å². The summed E-state index contributed by atoms with van der Waals surface area (Å²) in [6.07, 6.45) is -1.89. The van der Waals surface area contributed by atoms with Crippen molar-refractivity contribution in [2.24, 2.45) is 0 Å². The van der Waals surface area contributed by atoms with Gasteiger partial charge in [-0.15, -0.1) is 22.7 Å². The molecule has 0 spiro atoms. The first-order valence-electron chi connectivity index (χ1n) is 17.2. The molecular weight excluding hydrogens is 693 g/mol. The normalized spacial score (nSPS) is 13.9. The number of thiophene rings is 2. The van der Waals surface area contributed by atoms with Crippen LogP contribution in [0.15, 0.2) is 109 Å². The van der Waals surface area contributed by atoms with Crippen molar-refractivity contribution >= 4 is 56.2 Å². The van der Waals surface area contributed by atoms with Crippen molar-refractivity contribution in [3.63, 3.8) is 0 Å². The number of esters is 2. The van der Waals surface area contributed by atoms with E-state index < -0.39 is 36.6 Å². The van der Waals surface area contributed by atoms with Gasteiger partial charge in [0.25, 0.3) is 0 Å². The lowest BCUT2D eigenvalue weighted by Crippen LogP contribution is -2.41. The minimum absolute atomic E-state index is 0.283. The Balaban J connectivity index is 1.18. The van der Waals surface area contributed by atoms with Crippen LogP contribution >= 0.6 is 22.7 Å². The fourth-order valence-corrected chi connectivity index (χ4v) is 7.88. The van der Waals surface area contributed by atoms with Crippen molar-refractivity contribution in [2.75, 3.05) is 28.2 Å². The number of fused-ring (bicyclic) bond motifs is 2. The average molecular weight is 737 g/mol. The molecule has 0 radical (unpaired) electrons. The third-order valence-electron chi connectivity index (χ3n) is 8.83. The Hall–Kier alpha value is -4.74. The molecule has 0 aliphatic carbocycles. The van der Waals surface area contributed by atoms with E-state index in [1.807, 2.05) is 123 Å². The van der Waals surface area contributed by atoms with Crippen LogP contribution in [0.25, 0.3) is 21.5 Å². The van der Waals surface area contributed by atoms with Gasteiger partial charge < -0.3 is 18.9 Å². The predicted octanol–water partition coefficient (Wildman–Crippen LogP) is 9.32. The molecule has 0 fully saturated rings. The molecule has 0 amide bonds.